The highest BCUT2D eigenvalue weighted by Crippen LogP contribution is 2.42. The van der Waals surface area contributed by atoms with Crippen LogP contribution in [0.3, 0.4) is 0 Å². The summed E-state index contributed by atoms with van der Waals surface area (Å²) in [5.41, 5.74) is 3.32. The first-order valence-electron chi connectivity index (χ1n) is 13.5. The second kappa shape index (κ2) is 11.7. The van der Waals surface area contributed by atoms with Gasteiger partial charge in [0.05, 0.1) is 12.3 Å². The molecule has 1 aliphatic carbocycles. The number of anilines is 1. The molecular formula is C31H35N5O4. The summed E-state index contributed by atoms with van der Waals surface area (Å²) in [7, 11) is 0. The molecule has 2 amide bonds. The van der Waals surface area contributed by atoms with Crippen molar-refractivity contribution < 1.29 is 19.1 Å². The summed E-state index contributed by atoms with van der Waals surface area (Å²) >= 11 is 0. The Kier molecular flexibility index (Phi) is 8.38. The highest BCUT2D eigenvalue weighted by Gasteiger charge is 2.37. The van der Waals surface area contributed by atoms with E-state index in [0.29, 0.717) is 28.4 Å². The molecule has 2 aromatic rings. The van der Waals surface area contributed by atoms with E-state index in [0.717, 1.165) is 18.4 Å². The van der Waals surface area contributed by atoms with Crippen LogP contribution in [0.2, 0.25) is 0 Å². The summed E-state index contributed by atoms with van der Waals surface area (Å²) < 4.78 is 6.06. The molecule has 1 aliphatic heterocycles. The normalized spacial score (nSPS) is 23.4. The Bertz CT molecular complexity index is 1460. The van der Waals surface area contributed by atoms with Crippen LogP contribution in [0.5, 0.6) is 0 Å². The van der Waals surface area contributed by atoms with Crippen molar-refractivity contribution >= 4 is 41.2 Å². The van der Waals surface area contributed by atoms with Crippen molar-refractivity contribution in [2.75, 3.05) is 5.32 Å². The first-order valence-corrected chi connectivity index (χ1v) is 13.5. The molecule has 0 spiro atoms. The van der Waals surface area contributed by atoms with Gasteiger partial charge in [0, 0.05) is 25.1 Å². The van der Waals surface area contributed by atoms with Crippen LogP contribution in [-0.2, 0) is 19.1 Å². The molecule has 4 rings (SSSR count). The van der Waals surface area contributed by atoms with Crippen LogP contribution < -0.4 is 10.6 Å². The molecule has 2 aliphatic rings. The molecular weight excluding hydrogens is 506 g/mol. The number of aromatic amines is 1. The van der Waals surface area contributed by atoms with Gasteiger partial charge in [0.2, 0.25) is 17.5 Å². The first kappa shape index (κ1) is 28.6. The Balaban J connectivity index is 1.80. The van der Waals surface area contributed by atoms with Crippen molar-refractivity contribution in [2.24, 2.45) is 22.7 Å². The van der Waals surface area contributed by atoms with Gasteiger partial charge in [-0.2, -0.15) is 0 Å². The van der Waals surface area contributed by atoms with Gasteiger partial charge in [-0.25, -0.2) is 14.6 Å². The van der Waals surface area contributed by atoms with Crippen LogP contribution in [0, 0.1) is 24.3 Å². The number of amidine groups is 1. The standard InChI is InChI=1S/C31H35N5O4/c1-16-13-17(2)28(18(3)14-16)40-31(39)25-19(4)23(35-29(25)33-20(5)37)15-24-26(22-11-9-8-10-12-22)27(32-7)30(36-24)34-21(6)38/h8-12,15-18,28,36H,13-14H2,1-6H3,(H,34,38)(H,33,35,37). The number of rotatable bonds is 5. The molecule has 0 radical (unpaired) electrons. The SMILES string of the molecule is [C-]#[N+]c1c(NC(C)=O)[nH]c(C=C2N=C(NC(C)=O)C(C(=O)OC3C(C)CC(C)CC3C)=C2C)c1-c1ccccc1. The smallest absolute Gasteiger partial charge is 0.342 e. The van der Waals surface area contributed by atoms with Gasteiger partial charge in [-0.1, -0.05) is 51.1 Å². The summed E-state index contributed by atoms with van der Waals surface area (Å²) in [6, 6.07) is 9.34. The fourth-order valence-electron chi connectivity index (χ4n) is 5.85. The van der Waals surface area contributed by atoms with E-state index >= 15 is 0 Å². The second-order valence-electron chi connectivity index (χ2n) is 10.9. The lowest BCUT2D eigenvalue weighted by atomic mass is 9.75. The summed E-state index contributed by atoms with van der Waals surface area (Å²) in [6.45, 7) is 18.7. The van der Waals surface area contributed by atoms with Crippen molar-refractivity contribution in [3.05, 3.63) is 64.3 Å². The third-order valence-electron chi connectivity index (χ3n) is 7.40. The third kappa shape index (κ3) is 5.91. The van der Waals surface area contributed by atoms with Crippen LogP contribution in [0.4, 0.5) is 11.5 Å². The number of aliphatic imine (C=N–C) groups is 1. The van der Waals surface area contributed by atoms with Crippen LogP contribution in [0.15, 0.2) is 52.2 Å². The number of benzene rings is 1. The monoisotopic (exact) mass is 541 g/mol. The Hall–Kier alpha value is -4.45. The number of H-pyrrole nitrogens is 1. The molecule has 0 saturated heterocycles. The molecule has 2 unspecified atom stereocenters. The molecule has 1 saturated carbocycles. The summed E-state index contributed by atoms with van der Waals surface area (Å²) in [4.78, 5) is 48.9. The van der Waals surface area contributed by atoms with Crippen molar-refractivity contribution in [1.29, 1.82) is 0 Å². The number of nitrogens with one attached hydrogen (secondary N) is 3. The van der Waals surface area contributed by atoms with Gasteiger partial charge in [-0.05, 0) is 54.7 Å². The molecule has 2 atom stereocenters. The molecule has 9 heteroatoms. The lowest BCUT2D eigenvalue weighted by Crippen LogP contribution is -2.39. The van der Waals surface area contributed by atoms with E-state index in [9.17, 15) is 14.4 Å². The fraction of sp³-hybridized carbons (Fsp3) is 0.387. The molecule has 208 valence electrons. The fourth-order valence-corrected chi connectivity index (χ4v) is 5.85. The lowest BCUT2D eigenvalue weighted by Gasteiger charge is -2.37. The number of ether oxygens (including phenoxy) is 1. The van der Waals surface area contributed by atoms with Crippen molar-refractivity contribution in [1.82, 2.24) is 10.3 Å². The Morgan fingerprint density at radius 2 is 1.68 bits per heavy atom. The predicted octanol–water partition coefficient (Wildman–Crippen LogP) is 6.01. The molecule has 1 aromatic carbocycles. The van der Waals surface area contributed by atoms with E-state index in [2.05, 4.69) is 46.2 Å². The first-order chi connectivity index (χ1) is 19.0. The molecule has 9 nitrogen and oxygen atoms in total. The van der Waals surface area contributed by atoms with Gasteiger partial charge in [-0.15, -0.1) is 0 Å². The lowest BCUT2D eigenvalue weighted by molar-refractivity contribution is -0.152. The van der Waals surface area contributed by atoms with E-state index in [1.54, 1.807) is 13.0 Å². The predicted molar refractivity (Wildman–Crippen MR) is 155 cm³/mol. The average Bonchev–Trinajstić information content (AvgIpc) is 3.36. The number of esters is 1. The van der Waals surface area contributed by atoms with Gasteiger partial charge in [0.15, 0.2) is 0 Å². The van der Waals surface area contributed by atoms with Crippen LogP contribution >= 0.6 is 0 Å². The Morgan fingerprint density at radius 1 is 1.05 bits per heavy atom. The number of carbonyl (C=O) groups is 3. The zero-order valence-electron chi connectivity index (χ0n) is 23.7. The highest BCUT2D eigenvalue weighted by atomic mass is 16.5. The van der Waals surface area contributed by atoms with Crippen LogP contribution in [-0.4, -0.2) is 34.7 Å². The van der Waals surface area contributed by atoms with E-state index < -0.39 is 5.97 Å². The minimum Gasteiger partial charge on any atom is -0.458 e. The summed E-state index contributed by atoms with van der Waals surface area (Å²) in [6.07, 6.45) is 3.44. The van der Waals surface area contributed by atoms with E-state index in [4.69, 9.17) is 11.3 Å². The van der Waals surface area contributed by atoms with Gasteiger partial charge in [0.25, 0.3) is 0 Å². The van der Waals surface area contributed by atoms with E-state index in [1.165, 1.54) is 13.8 Å². The number of nitrogens with zero attached hydrogens (tertiary/aromatic N) is 2. The average molecular weight is 542 g/mol. The molecule has 3 N–H and O–H groups in total. The number of hydrogen-bond donors (Lipinski definition) is 3. The topological polar surface area (TPSA) is 117 Å². The van der Waals surface area contributed by atoms with Crippen LogP contribution in [0.25, 0.3) is 22.0 Å². The van der Waals surface area contributed by atoms with E-state index in [1.807, 2.05) is 30.3 Å². The quantitative estimate of drug-likeness (QED) is 0.317. The minimum atomic E-state index is -0.526. The number of allylic oxidation sites excluding steroid dienone is 1. The molecule has 1 fully saturated rings. The summed E-state index contributed by atoms with van der Waals surface area (Å²) in [5, 5.41) is 5.37. The van der Waals surface area contributed by atoms with Crippen molar-refractivity contribution in [3.8, 4) is 11.1 Å². The Morgan fingerprint density at radius 3 is 2.25 bits per heavy atom. The molecule has 1 aromatic heterocycles. The molecule has 2 heterocycles. The maximum atomic E-state index is 13.6. The van der Waals surface area contributed by atoms with Gasteiger partial charge in [-0.3, -0.25) is 9.59 Å². The van der Waals surface area contributed by atoms with E-state index in [-0.39, 0.29) is 52.7 Å². The molecule has 0 bridgehead atoms. The third-order valence-corrected chi connectivity index (χ3v) is 7.40. The zero-order valence-corrected chi connectivity index (χ0v) is 23.7. The van der Waals surface area contributed by atoms with Crippen molar-refractivity contribution in [3.63, 3.8) is 0 Å². The minimum absolute atomic E-state index is 0.131. The maximum absolute atomic E-state index is 13.6. The van der Waals surface area contributed by atoms with Gasteiger partial charge < -0.3 is 20.4 Å². The Labute approximate surface area is 234 Å². The summed E-state index contributed by atoms with van der Waals surface area (Å²) in [5.74, 6) is 0.195. The second-order valence-corrected chi connectivity index (χ2v) is 10.9. The number of amides is 2. The maximum Gasteiger partial charge on any atom is 0.342 e. The number of aromatic nitrogens is 1. The highest BCUT2D eigenvalue weighted by molar-refractivity contribution is 6.25. The zero-order chi connectivity index (χ0) is 29.1. The van der Waals surface area contributed by atoms with Gasteiger partial charge in [0.1, 0.15) is 23.3 Å². The molecule has 40 heavy (non-hydrogen) atoms. The largest absolute Gasteiger partial charge is 0.458 e. The van der Waals surface area contributed by atoms with Crippen LogP contribution in [0.1, 0.15) is 60.1 Å². The van der Waals surface area contributed by atoms with Crippen molar-refractivity contribution in [2.45, 2.75) is 60.5 Å². The number of hydrogen-bond acceptors (Lipinski definition) is 5. The number of carbonyl (C=O) groups excluding carboxylic acids is 3. The van der Waals surface area contributed by atoms with Gasteiger partial charge >= 0.3 is 5.97 Å².